The molecule has 0 aliphatic rings. The smallest absolute Gasteiger partial charge is 0.171 e. The van der Waals surface area contributed by atoms with Gasteiger partial charge < -0.3 is 0 Å². The summed E-state index contributed by atoms with van der Waals surface area (Å²) >= 11 is 0. The Morgan fingerprint density at radius 3 is 2.89 bits per heavy atom. The highest BCUT2D eigenvalue weighted by Gasteiger charge is 2.12. The maximum Gasteiger partial charge on any atom is 0.171 e. The van der Waals surface area contributed by atoms with Crippen LogP contribution in [0.2, 0.25) is 0 Å². The SMILES string of the molecule is N#Cc1ccc2nnc(-c3ccncc3F)n2c1. The summed E-state index contributed by atoms with van der Waals surface area (Å²) in [7, 11) is 0. The third kappa shape index (κ3) is 1.50. The van der Waals surface area contributed by atoms with Gasteiger partial charge in [0.1, 0.15) is 6.07 Å². The van der Waals surface area contributed by atoms with E-state index in [1.807, 2.05) is 6.07 Å². The lowest BCUT2D eigenvalue weighted by Gasteiger charge is -2.01. The molecule has 0 aliphatic carbocycles. The zero-order valence-electron chi connectivity index (χ0n) is 9.08. The molecule has 0 amide bonds. The molecule has 0 radical (unpaired) electrons. The fraction of sp³-hybridized carbons (Fsp3) is 0. The van der Waals surface area contributed by atoms with E-state index in [1.54, 1.807) is 22.7 Å². The van der Waals surface area contributed by atoms with Crippen molar-refractivity contribution < 1.29 is 4.39 Å². The number of hydrogen-bond donors (Lipinski definition) is 0. The van der Waals surface area contributed by atoms with Crippen LogP contribution in [0.3, 0.4) is 0 Å². The third-order valence-corrected chi connectivity index (χ3v) is 2.54. The fourth-order valence-electron chi connectivity index (χ4n) is 1.70. The molecule has 0 bridgehead atoms. The van der Waals surface area contributed by atoms with Crippen LogP contribution < -0.4 is 0 Å². The van der Waals surface area contributed by atoms with Crippen molar-refractivity contribution in [1.29, 1.82) is 5.26 Å². The summed E-state index contributed by atoms with van der Waals surface area (Å²) in [5.74, 6) is -0.129. The standard InChI is InChI=1S/C12H6FN5/c13-10-6-15-4-3-9(10)12-17-16-11-2-1-8(5-14)7-18(11)12/h1-4,6-7H. The molecule has 18 heavy (non-hydrogen) atoms. The highest BCUT2D eigenvalue weighted by Crippen LogP contribution is 2.20. The Morgan fingerprint density at radius 2 is 2.11 bits per heavy atom. The summed E-state index contributed by atoms with van der Waals surface area (Å²) in [5, 5.41) is 16.7. The first-order valence-electron chi connectivity index (χ1n) is 5.14. The van der Waals surface area contributed by atoms with E-state index >= 15 is 0 Å². The van der Waals surface area contributed by atoms with Crippen molar-refractivity contribution >= 4 is 5.65 Å². The number of halogens is 1. The first kappa shape index (κ1) is 10.4. The summed E-state index contributed by atoms with van der Waals surface area (Å²) in [6.45, 7) is 0. The minimum atomic E-state index is -0.478. The number of nitriles is 1. The van der Waals surface area contributed by atoms with Gasteiger partial charge in [0, 0.05) is 12.4 Å². The van der Waals surface area contributed by atoms with Crippen molar-refractivity contribution in [2.45, 2.75) is 0 Å². The van der Waals surface area contributed by atoms with E-state index in [4.69, 9.17) is 5.26 Å². The fourth-order valence-corrected chi connectivity index (χ4v) is 1.70. The lowest BCUT2D eigenvalue weighted by Crippen LogP contribution is -1.93. The van der Waals surface area contributed by atoms with Crippen molar-refractivity contribution in [2.75, 3.05) is 0 Å². The van der Waals surface area contributed by atoms with Crippen LogP contribution in [-0.2, 0) is 0 Å². The monoisotopic (exact) mass is 239 g/mol. The van der Waals surface area contributed by atoms with Crippen LogP contribution in [0.25, 0.3) is 17.0 Å². The van der Waals surface area contributed by atoms with E-state index < -0.39 is 5.82 Å². The Labute approximate surface area is 101 Å². The highest BCUT2D eigenvalue weighted by molar-refractivity contribution is 5.60. The Balaban J connectivity index is 2.31. The second kappa shape index (κ2) is 3.89. The molecule has 86 valence electrons. The molecule has 3 heterocycles. The molecule has 3 aromatic rings. The topological polar surface area (TPSA) is 66.9 Å². The minimum Gasteiger partial charge on any atom is -0.281 e. The molecule has 0 N–H and O–H groups in total. The molecule has 0 aromatic carbocycles. The summed E-state index contributed by atoms with van der Waals surface area (Å²) in [5.41, 5.74) is 1.31. The zero-order chi connectivity index (χ0) is 12.5. The molecule has 6 heteroatoms. The maximum absolute atomic E-state index is 13.7. The van der Waals surface area contributed by atoms with Crippen LogP contribution in [0.1, 0.15) is 5.56 Å². The molecule has 0 unspecified atom stereocenters. The van der Waals surface area contributed by atoms with Gasteiger partial charge in [0.25, 0.3) is 0 Å². The average molecular weight is 239 g/mol. The van der Waals surface area contributed by atoms with Gasteiger partial charge in [-0.1, -0.05) is 0 Å². The largest absolute Gasteiger partial charge is 0.281 e. The second-order valence-corrected chi connectivity index (χ2v) is 3.64. The first-order valence-corrected chi connectivity index (χ1v) is 5.14. The molecule has 3 rings (SSSR count). The van der Waals surface area contributed by atoms with Crippen molar-refractivity contribution in [3.63, 3.8) is 0 Å². The normalized spacial score (nSPS) is 10.4. The molecule has 5 nitrogen and oxygen atoms in total. The Hall–Kier alpha value is -2.81. The predicted octanol–water partition coefficient (Wildman–Crippen LogP) is 1.80. The number of hydrogen-bond acceptors (Lipinski definition) is 4. The van der Waals surface area contributed by atoms with E-state index in [0.29, 0.717) is 22.6 Å². The zero-order valence-corrected chi connectivity index (χ0v) is 9.08. The highest BCUT2D eigenvalue weighted by atomic mass is 19.1. The van der Waals surface area contributed by atoms with Gasteiger partial charge in [-0.2, -0.15) is 5.26 Å². The Kier molecular flexibility index (Phi) is 2.24. The Bertz CT molecular complexity index is 771. The van der Waals surface area contributed by atoms with Crippen molar-refractivity contribution in [3.8, 4) is 17.5 Å². The van der Waals surface area contributed by atoms with E-state index in [2.05, 4.69) is 15.2 Å². The number of nitrogens with zero attached hydrogens (tertiary/aromatic N) is 5. The molecule has 0 spiro atoms. The molecule has 0 fully saturated rings. The summed E-state index contributed by atoms with van der Waals surface area (Å²) in [6.07, 6.45) is 4.17. The lowest BCUT2D eigenvalue weighted by molar-refractivity contribution is 0.623. The van der Waals surface area contributed by atoms with E-state index in [-0.39, 0.29) is 0 Å². The second-order valence-electron chi connectivity index (χ2n) is 3.64. The van der Waals surface area contributed by atoms with Gasteiger partial charge in [0.15, 0.2) is 17.3 Å². The van der Waals surface area contributed by atoms with Gasteiger partial charge in [-0.05, 0) is 18.2 Å². The van der Waals surface area contributed by atoms with E-state index in [9.17, 15) is 4.39 Å². The van der Waals surface area contributed by atoms with Crippen molar-refractivity contribution in [3.05, 3.63) is 48.2 Å². The van der Waals surface area contributed by atoms with Crippen LogP contribution in [0, 0.1) is 17.1 Å². The van der Waals surface area contributed by atoms with E-state index in [1.165, 1.54) is 12.3 Å². The van der Waals surface area contributed by atoms with Gasteiger partial charge in [-0.25, -0.2) is 4.39 Å². The van der Waals surface area contributed by atoms with Crippen LogP contribution in [0.5, 0.6) is 0 Å². The number of rotatable bonds is 1. The van der Waals surface area contributed by atoms with Crippen molar-refractivity contribution in [2.24, 2.45) is 0 Å². The molecule has 3 aromatic heterocycles. The average Bonchev–Trinajstić information content (AvgIpc) is 2.82. The third-order valence-electron chi connectivity index (χ3n) is 2.54. The number of pyridine rings is 2. The van der Waals surface area contributed by atoms with E-state index in [0.717, 1.165) is 6.20 Å². The minimum absolute atomic E-state index is 0.299. The van der Waals surface area contributed by atoms with Crippen molar-refractivity contribution in [1.82, 2.24) is 19.6 Å². The maximum atomic E-state index is 13.7. The van der Waals surface area contributed by atoms with Gasteiger partial charge in [-0.15, -0.1) is 10.2 Å². The number of fused-ring (bicyclic) bond motifs is 1. The molecule has 0 saturated heterocycles. The predicted molar refractivity (Wildman–Crippen MR) is 60.9 cm³/mol. The first-order chi connectivity index (χ1) is 8.79. The summed E-state index contributed by atoms with van der Waals surface area (Å²) in [6, 6.07) is 6.83. The Morgan fingerprint density at radius 1 is 1.22 bits per heavy atom. The molecular weight excluding hydrogens is 233 g/mol. The van der Waals surface area contributed by atoms with Gasteiger partial charge in [0.2, 0.25) is 0 Å². The van der Waals surface area contributed by atoms with Crippen LogP contribution >= 0.6 is 0 Å². The molecule has 0 atom stereocenters. The molecule has 0 aliphatic heterocycles. The van der Waals surface area contributed by atoms with Crippen LogP contribution in [-0.4, -0.2) is 19.6 Å². The number of aromatic nitrogens is 4. The summed E-state index contributed by atoms with van der Waals surface area (Å²) in [4.78, 5) is 3.68. The van der Waals surface area contributed by atoms with Gasteiger partial charge in [0.05, 0.1) is 17.3 Å². The molecule has 0 saturated carbocycles. The quantitative estimate of drug-likeness (QED) is 0.649. The molecular formula is C12H6FN5. The summed E-state index contributed by atoms with van der Waals surface area (Å²) < 4.78 is 15.2. The van der Waals surface area contributed by atoms with Gasteiger partial charge in [-0.3, -0.25) is 9.38 Å². The lowest BCUT2D eigenvalue weighted by atomic mass is 10.2. The van der Waals surface area contributed by atoms with Crippen LogP contribution in [0.15, 0.2) is 36.8 Å². The van der Waals surface area contributed by atoms with Crippen LogP contribution in [0.4, 0.5) is 4.39 Å². The van der Waals surface area contributed by atoms with Gasteiger partial charge >= 0.3 is 0 Å².